The number of pyridine rings is 1. The number of aromatic amines is 1. The molecule has 2 aromatic carbocycles. The van der Waals surface area contributed by atoms with Gasteiger partial charge in [-0.15, -0.1) is 0 Å². The molecule has 0 unspecified atom stereocenters. The van der Waals surface area contributed by atoms with Gasteiger partial charge in [0.05, 0.1) is 19.3 Å². The van der Waals surface area contributed by atoms with Crippen LogP contribution in [0.1, 0.15) is 0 Å². The highest BCUT2D eigenvalue weighted by molar-refractivity contribution is 7.80. The Labute approximate surface area is 171 Å². The number of thiocarbonyl (C=S) groups is 1. The van der Waals surface area contributed by atoms with E-state index >= 15 is 0 Å². The van der Waals surface area contributed by atoms with Gasteiger partial charge in [0.15, 0.2) is 5.11 Å². The number of piperazine rings is 1. The zero-order valence-electron chi connectivity index (χ0n) is 15.6. The molecule has 6 heteroatoms. The molecule has 3 aromatic rings. The van der Waals surface area contributed by atoms with E-state index < -0.39 is 0 Å². The van der Waals surface area contributed by atoms with Gasteiger partial charge in [-0.2, -0.15) is 0 Å². The van der Waals surface area contributed by atoms with E-state index in [-0.39, 0.29) is 0 Å². The summed E-state index contributed by atoms with van der Waals surface area (Å²) in [5.74, 6) is 1.16. The Morgan fingerprint density at radius 1 is 0.750 bits per heavy atom. The van der Waals surface area contributed by atoms with Crippen molar-refractivity contribution in [3.8, 4) is 0 Å². The maximum Gasteiger partial charge on any atom is 0.274 e. The van der Waals surface area contributed by atoms with E-state index in [0.29, 0.717) is 0 Å². The van der Waals surface area contributed by atoms with Crippen LogP contribution in [0.25, 0.3) is 0 Å². The fourth-order valence-corrected chi connectivity index (χ4v) is 3.56. The van der Waals surface area contributed by atoms with E-state index in [2.05, 4.69) is 49.7 Å². The number of nitrogens with zero attached hydrogens (tertiary/aromatic N) is 2. The van der Waals surface area contributed by atoms with E-state index in [1.165, 1.54) is 0 Å². The Bertz CT molecular complexity index is 891. The summed E-state index contributed by atoms with van der Waals surface area (Å²) in [5, 5.41) is 7.53. The molecule has 0 radical (unpaired) electrons. The molecule has 28 heavy (non-hydrogen) atoms. The molecule has 1 fully saturated rings. The molecule has 1 aliphatic heterocycles. The minimum atomic E-state index is 0.778. The lowest BCUT2D eigenvalue weighted by Gasteiger charge is -2.32. The SMILES string of the molecule is S=C(Nc1ccc(Nc2ccccc2)cc1)N1CCN(c2cccc[nH+]2)CC1. The molecule has 142 valence electrons. The molecule has 0 amide bonds. The van der Waals surface area contributed by atoms with Gasteiger partial charge in [-0.3, -0.25) is 4.90 Å². The monoisotopic (exact) mass is 390 g/mol. The van der Waals surface area contributed by atoms with Crippen molar-refractivity contribution in [3.05, 3.63) is 79.0 Å². The zero-order chi connectivity index (χ0) is 19.2. The van der Waals surface area contributed by atoms with Gasteiger partial charge in [0.25, 0.3) is 5.82 Å². The molecule has 0 saturated carbocycles. The Hall–Kier alpha value is -3.12. The topological polar surface area (TPSA) is 44.7 Å². The number of rotatable bonds is 4. The second-order valence-electron chi connectivity index (χ2n) is 6.72. The number of aromatic nitrogens is 1. The van der Waals surface area contributed by atoms with Crippen LogP contribution in [0.2, 0.25) is 0 Å². The van der Waals surface area contributed by atoms with E-state index in [1.54, 1.807) is 0 Å². The van der Waals surface area contributed by atoms with Gasteiger partial charge in [0, 0.05) is 23.1 Å². The first kappa shape index (κ1) is 18.3. The second kappa shape index (κ2) is 8.71. The van der Waals surface area contributed by atoms with Crippen molar-refractivity contribution in [2.24, 2.45) is 0 Å². The van der Waals surface area contributed by atoms with E-state index in [1.807, 2.05) is 54.7 Å². The number of hydrogen-bond donors (Lipinski definition) is 2. The Morgan fingerprint density at radius 2 is 1.39 bits per heavy atom. The first-order chi connectivity index (χ1) is 13.8. The van der Waals surface area contributed by atoms with E-state index in [9.17, 15) is 0 Å². The molecule has 0 aliphatic carbocycles. The Balaban J connectivity index is 1.29. The Kier molecular flexibility index (Phi) is 5.68. The van der Waals surface area contributed by atoms with Crippen molar-refractivity contribution in [1.82, 2.24) is 4.90 Å². The van der Waals surface area contributed by atoms with Gasteiger partial charge >= 0.3 is 0 Å². The molecule has 1 aliphatic rings. The van der Waals surface area contributed by atoms with Crippen LogP contribution in [0.3, 0.4) is 0 Å². The van der Waals surface area contributed by atoms with Crippen molar-refractivity contribution >= 4 is 40.2 Å². The van der Waals surface area contributed by atoms with Gasteiger partial charge < -0.3 is 15.5 Å². The summed E-state index contributed by atoms with van der Waals surface area (Å²) in [6.45, 7) is 3.70. The average Bonchev–Trinajstić information content (AvgIpc) is 2.76. The molecule has 2 heterocycles. The van der Waals surface area contributed by atoms with Crippen LogP contribution in [-0.4, -0.2) is 36.2 Å². The molecule has 4 rings (SSSR count). The highest BCUT2D eigenvalue weighted by Crippen LogP contribution is 2.19. The lowest BCUT2D eigenvalue weighted by Crippen LogP contribution is -2.51. The highest BCUT2D eigenvalue weighted by atomic mass is 32.1. The van der Waals surface area contributed by atoms with Crippen LogP contribution >= 0.6 is 12.2 Å². The van der Waals surface area contributed by atoms with Crippen molar-refractivity contribution < 1.29 is 4.98 Å². The third kappa shape index (κ3) is 4.58. The third-order valence-corrected chi connectivity index (χ3v) is 5.16. The number of H-pyrrole nitrogens is 1. The van der Waals surface area contributed by atoms with Crippen molar-refractivity contribution in [2.45, 2.75) is 0 Å². The quantitative estimate of drug-likeness (QED) is 0.664. The molecule has 5 nitrogen and oxygen atoms in total. The number of anilines is 4. The molecule has 0 spiro atoms. The van der Waals surface area contributed by atoms with Crippen LogP contribution in [0, 0.1) is 0 Å². The zero-order valence-corrected chi connectivity index (χ0v) is 16.5. The molecular weight excluding hydrogens is 366 g/mol. The predicted octanol–water partition coefficient (Wildman–Crippen LogP) is 3.76. The minimum absolute atomic E-state index is 0.778. The molecule has 0 atom stereocenters. The van der Waals surface area contributed by atoms with Gasteiger partial charge in [0.2, 0.25) is 0 Å². The van der Waals surface area contributed by atoms with E-state index in [4.69, 9.17) is 12.2 Å². The predicted molar refractivity (Wildman–Crippen MR) is 119 cm³/mol. The number of benzene rings is 2. The average molecular weight is 391 g/mol. The summed E-state index contributed by atoms with van der Waals surface area (Å²) in [6, 6.07) is 24.5. The smallest absolute Gasteiger partial charge is 0.274 e. The first-order valence-electron chi connectivity index (χ1n) is 9.48. The van der Waals surface area contributed by atoms with E-state index in [0.717, 1.165) is 54.2 Å². The summed E-state index contributed by atoms with van der Waals surface area (Å²) in [4.78, 5) is 7.88. The molecule has 1 saturated heterocycles. The highest BCUT2D eigenvalue weighted by Gasteiger charge is 2.24. The molecule has 0 bridgehead atoms. The van der Waals surface area contributed by atoms with Crippen LogP contribution < -0.4 is 20.5 Å². The maximum atomic E-state index is 5.62. The van der Waals surface area contributed by atoms with Gasteiger partial charge in [-0.05, 0) is 54.7 Å². The van der Waals surface area contributed by atoms with Crippen LogP contribution in [0.4, 0.5) is 22.9 Å². The van der Waals surface area contributed by atoms with Gasteiger partial charge in [0.1, 0.15) is 13.1 Å². The van der Waals surface area contributed by atoms with Crippen molar-refractivity contribution in [3.63, 3.8) is 0 Å². The number of nitrogens with one attached hydrogen (secondary N) is 3. The largest absolute Gasteiger partial charge is 0.356 e. The maximum absolute atomic E-state index is 5.62. The van der Waals surface area contributed by atoms with Crippen molar-refractivity contribution in [2.75, 3.05) is 41.7 Å². The van der Waals surface area contributed by atoms with Crippen LogP contribution in [0.5, 0.6) is 0 Å². The fraction of sp³-hybridized carbons (Fsp3) is 0.182. The first-order valence-corrected chi connectivity index (χ1v) is 9.88. The number of hydrogen-bond acceptors (Lipinski definition) is 3. The summed E-state index contributed by atoms with van der Waals surface area (Å²) in [5.41, 5.74) is 3.13. The fourth-order valence-electron chi connectivity index (χ4n) is 3.26. The number of para-hydroxylation sites is 1. The van der Waals surface area contributed by atoms with Gasteiger partial charge in [-0.1, -0.05) is 24.3 Å². The summed E-state index contributed by atoms with van der Waals surface area (Å²) >= 11 is 5.62. The second-order valence-corrected chi connectivity index (χ2v) is 7.11. The minimum Gasteiger partial charge on any atom is -0.356 e. The Morgan fingerprint density at radius 3 is 2.07 bits per heavy atom. The summed E-state index contributed by atoms with van der Waals surface area (Å²) in [6.07, 6.45) is 1.96. The normalized spacial score (nSPS) is 13.9. The molecule has 1 aromatic heterocycles. The van der Waals surface area contributed by atoms with Crippen molar-refractivity contribution in [1.29, 1.82) is 0 Å². The van der Waals surface area contributed by atoms with Gasteiger partial charge in [-0.25, -0.2) is 4.98 Å². The summed E-state index contributed by atoms with van der Waals surface area (Å²) in [7, 11) is 0. The summed E-state index contributed by atoms with van der Waals surface area (Å²) < 4.78 is 0. The molecular formula is C22H24N5S+. The lowest BCUT2D eigenvalue weighted by molar-refractivity contribution is -0.364. The standard InChI is InChI=1S/C22H23N5S/c28-22(27-16-14-26(15-17-27)21-8-4-5-13-23-21)25-20-11-9-19(10-12-20)24-18-6-2-1-3-7-18/h1-13,24H,14-17H2,(H,25,28)/p+1. The van der Waals surface area contributed by atoms with Crippen LogP contribution in [-0.2, 0) is 0 Å². The molecule has 3 N–H and O–H groups in total. The van der Waals surface area contributed by atoms with Crippen LogP contribution in [0.15, 0.2) is 79.0 Å². The lowest BCUT2D eigenvalue weighted by atomic mass is 10.2. The third-order valence-electron chi connectivity index (χ3n) is 4.80.